The number of benzene rings is 1. The molecule has 1 N–H and O–H groups in total. The van der Waals surface area contributed by atoms with Crippen LogP contribution in [0.2, 0.25) is 0 Å². The van der Waals surface area contributed by atoms with Crippen LogP contribution in [-0.2, 0) is 4.79 Å². The van der Waals surface area contributed by atoms with Crippen LogP contribution in [0.3, 0.4) is 0 Å². The van der Waals surface area contributed by atoms with E-state index >= 15 is 0 Å². The topological polar surface area (TPSA) is 40.5 Å². The summed E-state index contributed by atoms with van der Waals surface area (Å²) in [5.74, 6) is -0.301. The monoisotopic (exact) mass is 359 g/mol. The number of carbonyl (C=O) groups is 1. The number of amides is 1. The van der Waals surface area contributed by atoms with Crippen molar-refractivity contribution < 1.29 is 10.0 Å². The van der Waals surface area contributed by atoms with Crippen molar-refractivity contribution in [3.8, 4) is 0 Å². The molecule has 1 saturated heterocycles. The quantitative estimate of drug-likeness (QED) is 0.343. The van der Waals surface area contributed by atoms with E-state index in [0.29, 0.717) is 0 Å². The van der Waals surface area contributed by atoms with E-state index in [9.17, 15) is 10.0 Å². The van der Waals surface area contributed by atoms with Crippen LogP contribution in [0.1, 0.15) is 102 Å². The fourth-order valence-electron chi connectivity index (χ4n) is 4.07. The van der Waals surface area contributed by atoms with Crippen LogP contribution in [0.15, 0.2) is 30.3 Å². The van der Waals surface area contributed by atoms with Crippen molar-refractivity contribution in [2.45, 2.75) is 102 Å². The van der Waals surface area contributed by atoms with E-state index in [1.165, 1.54) is 57.8 Å². The van der Waals surface area contributed by atoms with E-state index in [0.717, 1.165) is 36.3 Å². The van der Waals surface area contributed by atoms with Gasteiger partial charge in [-0.1, -0.05) is 101 Å². The highest BCUT2D eigenvalue weighted by Crippen LogP contribution is 2.32. The number of nitrogens with zero attached hydrogens (tertiary/aromatic N) is 1. The van der Waals surface area contributed by atoms with Crippen LogP contribution in [0.25, 0.3) is 0 Å². The third-order valence-electron chi connectivity index (χ3n) is 5.75. The Hall–Kier alpha value is -1.35. The van der Waals surface area contributed by atoms with E-state index in [4.69, 9.17) is 0 Å². The summed E-state index contributed by atoms with van der Waals surface area (Å²) in [5.41, 5.74) is 1.02. The zero-order valence-corrected chi connectivity index (χ0v) is 16.5. The maximum absolute atomic E-state index is 12.5. The van der Waals surface area contributed by atoms with Crippen molar-refractivity contribution in [2.75, 3.05) is 0 Å². The molecule has 0 aliphatic carbocycles. The first-order chi connectivity index (χ1) is 12.7. The lowest BCUT2D eigenvalue weighted by Crippen LogP contribution is -2.44. The van der Waals surface area contributed by atoms with Crippen molar-refractivity contribution in [1.29, 1.82) is 0 Å². The fourth-order valence-corrected chi connectivity index (χ4v) is 4.07. The largest absolute Gasteiger partial charge is 0.286 e. The third kappa shape index (κ3) is 6.75. The molecule has 146 valence electrons. The molecule has 26 heavy (non-hydrogen) atoms. The fraction of sp³-hybridized carbons (Fsp3) is 0.696. The highest BCUT2D eigenvalue weighted by molar-refractivity contribution is 5.83. The van der Waals surface area contributed by atoms with Crippen LogP contribution in [0.4, 0.5) is 0 Å². The summed E-state index contributed by atoms with van der Waals surface area (Å²) in [6, 6.07) is 9.86. The normalized spacial score (nSPS) is 20.5. The minimum absolute atomic E-state index is 0.0107. The predicted molar refractivity (Wildman–Crippen MR) is 107 cm³/mol. The molecular formula is C23H37NO2. The minimum atomic E-state index is -0.176. The second kappa shape index (κ2) is 12.1. The molecule has 0 spiro atoms. The number of rotatable bonds is 12. The first kappa shape index (κ1) is 21.0. The van der Waals surface area contributed by atoms with Gasteiger partial charge >= 0.3 is 0 Å². The number of piperidine rings is 1. The average Bonchev–Trinajstić information content (AvgIpc) is 2.67. The van der Waals surface area contributed by atoms with Gasteiger partial charge in [-0.3, -0.25) is 10.0 Å². The lowest BCUT2D eigenvalue weighted by Gasteiger charge is -2.35. The van der Waals surface area contributed by atoms with Gasteiger partial charge in [0.05, 0.1) is 12.0 Å². The SMILES string of the molecule is CCCCCCCCCCCC[C@@H]1CC[C@H](c2ccccc2)C(=O)N1O. The molecule has 1 aromatic rings. The lowest BCUT2D eigenvalue weighted by molar-refractivity contribution is -0.185. The molecule has 3 nitrogen and oxygen atoms in total. The Morgan fingerprint density at radius 3 is 2.08 bits per heavy atom. The third-order valence-corrected chi connectivity index (χ3v) is 5.75. The summed E-state index contributed by atoms with van der Waals surface area (Å²) < 4.78 is 0. The molecule has 1 fully saturated rings. The molecule has 0 bridgehead atoms. The van der Waals surface area contributed by atoms with Gasteiger partial charge in [0.1, 0.15) is 0 Å². The molecule has 0 radical (unpaired) electrons. The van der Waals surface area contributed by atoms with Gasteiger partial charge in [0.25, 0.3) is 5.91 Å². The van der Waals surface area contributed by atoms with Gasteiger partial charge in [0, 0.05) is 0 Å². The molecule has 2 atom stereocenters. The summed E-state index contributed by atoms with van der Waals surface area (Å²) in [4.78, 5) is 12.5. The Balaban J connectivity index is 1.58. The van der Waals surface area contributed by atoms with Crippen molar-refractivity contribution in [2.24, 2.45) is 0 Å². The van der Waals surface area contributed by atoms with Gasteiger partial charge in [-0.25, -0.2) is 5.06 Å². The molecule has 1 aromatic carbocycles. The van der Waals surface area contributed by atoms with Crippen LogP contribution in [-0.4, -0.2) is 22.2 Å². The molecule has 3 heteroatoms. The highest BCUT2D eigenvalue weighted by atomic mass is 16.5. The van der Waals surface area contributed by atoms with Crippen LogP contribution < -0.4 is 0 Å². The van der Waals surface area contributed by atoms with Gasteiger partial charge in [0.2, 0.25) is 0 Å². The first-order valence-corrected chi connectivity index (χ1v) is 10.8. The summed E-state index contributed by atoms with van der Waals surface area (Å²) >= 11 is 0. The molecule has 0 aromatic heterocycles. The maximum atomic E-state index is 12.5. The molecule has 2 rings (SSSR count). The Bertz CT molecular complexity index is 502. The zero-order chi connectivity index (χ0) is 18.6. The van der Waals surface area contributed by atoms with Gasteiger partial charge in [-0.15, -0.1) is 0 Å². The molecule has 1 aliphatic rings. The predicted octanol–water partition coefficient (Wildman–Crippen LogP) is 6.46. The average molecular weight is 360 g/mol. The molecule has 1 heterocycles. The first-order valence-electron chi connectivity index (χ1n) is 10.8. The summed E-state index contributed by atoms with van der Waals surface area (Å²) in [6.07, 6.45) is 15.8. The van der Waals surface area contributed by atoms with Gasteiger partial charge in [-0.05, 0) is 24.8 Å². The second-order valence-corrected chi connectivity index (χ2v) is 7.85. The van der Waals surface area contributed by atoms with Gasteiger partial charge < -0.3 is 0 Å². The molecular weight excluding hydrogens is 322 g/mol. The maximum Gasteiger partial charge on any atom is 0.253 e. The van der Waals surface area contributed by atoms with E-state index in [1.807, 2.05) is 30.3 Å². The summed E-state index contributed by atoms with van der Waals surface area (Å²) in [5, 5.41) is 11.3. The van der Waals surface area contributed by atoms with Crippen LogP contribution >= 0.6 is 0 Å². The van der Waals surface area contributed by atoms with Crippen LogP contribution in [0, 0.1) is 0 Å². The molecule has 1 aliphatic heterocycles. The molecule has 1 amide bonds. The van der Waals surface area contributed by atoms with Crippen molar-refractivity contribution in [1.82, 2.24) is 5.06 Å². The number of carbonyl (C=O) groups excluding carboxylic acids is 1. The van der Waals surface area contributed by atoms with E-state index < -0.39 is 0 Å². The Kier molecular flexibility index (Phi) is 9.76. The van der Waals surface area contributed by atoms with Gasteiger partial charge in [-0.2, -0.15) is 0 Å². The lowest BCUT2D eigenvalue weighted by atomic mass is 9.86. The second-order valence-electron chi connectivity index (χ2n) is 7.85. The van der Waals surface area contributed by atoms with Crippen LogP contribution in [0.5, 0.6) is 0 Å². The molecule has 0 unspecified atom stereocenters. The number of unbranched alkanes of at least 4 members (excludes halogenated alkanes) is 9. The number of hydrogen-bond acceptors (Lipinski definition) is 2. The van der Waals surface area contributed by atoms with E-state index in [2.05, 4.69) is 6.92 Å². The number of hydroxylamine groups is 2. The Morgan fingerprint density at radius 1 is 0.885 bits per heavy atom. The van der Waals surface area contributed by atoms with Crippen molar-refractivity contribution in [3.63, 3.8) is 0 Å². The molecule has 0 saturated carbocycles. The summed E-state index contributed by atoms with van der Waals surface area (Å²) in [7, 11) is 0. The number of hydrogen-bond donors (Lipinski definition) is 1. The zero-order valence-electron chi connectivity index (χ0n) is 16.5. The van der Waals surface area contributed by atoms with Crippen molar-refractivity contribution in [3.05, 3.63) is 35.9 Å². The van der Waals surface area contributed by atoms with E-state index in [1.54, 1.807) is 0 Å². The highest BCUT2D eigenvalue weighted by Gasteiger charge is 2.35. The smallest absolute Gasteiger partial charge is 0.253 e. The van der Waals surface area contributed by atoms with E-state index in [-0.39, 0.29) is 17.9 Å². The van der Waals surface area contributed by atoms with Crippen molar-refractivity contribution >= 4 is 5.91 Å². The Morgan fingerprint density at radius 2 is 1.46 bits per heavy atom. The van der Waals surface area contributed by atoms with Gasteiger partial charge in [0.15, 0.2) is 0 Å². The standard InChI is InChI=1S/C23H37NO2/c1-2-3-4-5-6-7-8-9-10-14-17-21-18-19-22(23(25)24(21)26)20-15-12-11-13-16-20/h11-13,15-16,21-22,26H,2-10,14,17-19H2,1H3/t21-,22-/m1/s1. The Labute approximate surface area is 159 Å². The summed E-state index contributed by atoms with van der Waals surface area (Å²) in [6.45, 7) is 2.26. The minimum Gasteiger partial charge on any atom is -0.286 e.